The minimum absolute atomic E-state index is 0.0596. The van der Waals surface area contributed by atoms with E-state index in [-0.39, 0.29) is 23.0 Å². The fraction of sp³-hybridized carbons (Fsp3) is 0.500. The topological polar surface area (TPSA) is 59.6 Å². The molecule has 136 valence electrons. The third kappa shape index (κ3) is 4.85. The molecule has 1 aromatic carbocycles. The van der Waals surface area contributed by atoms with Gasteiger partial charge in [-0.2, -0.15) is 0 Å². The highest BCUT2D eigenvalue weighted by Crippen LogP contribution is 2.38. The molecule has 1 aliphatic rings. The van der Waals surface area contributed by atoms with Gasteiger partial charge >= 0.3 is 7.12 Å². The molecule has 7 heteroatoms. The number of hydrogen-bond donors (Lipinski definition) is 2. The number of nitrogens with one attached hydrogen (secondary N) is 2. The minimum Gasteiger partial charge on any atom is -0.400 e. The van der Waals surface area contributed by atoms with E-state index in [9.17, 15) is 4.79 Å². The second-order valence-electron chi connectivity index (χ2n) is 7.14. The summed E-state index contributed by atoms with van der Waals surface area (Å²) in [6.07, 6.45) is 2.05. The van der Waals surface area contributed by atoms with Crippen molar-refractivity contribution in [3.8, 4) is 0 Å². The molecular weight excluding hydrogens is 338 g/mol. The Morgan fingerprint density at radius 3 is 2.20 bits per heavy atom. The normalized spacial score (nSPS) is 19.1. The van der Waals surface area contributed by atoms with Crippen molar-refractivity contribution in [1.82, 2.24) is 5.32 Å². The number of rotatable bonds is 6. The van der Waals surface area contributed by atoms with Gasteiger partial charge in [-0.3, -0.25) is 4.79 Å². The Morgan fingerprint density at radius 2 is 1.72 bits per heavy atom. The molecule has 1 fully saturated rings. The highest BCUT2D eigenvalue weighted by atomic mass is 35.5. The fourth-order valence-corrected chi connectivity index (χ4v) is 2.54. The van der Waals surface area contributed by atoms with Crippen molar-refractivity contribution >= 4 is 36.4 Å². The first-order valence-corrected chi connectivity index (χ1v) is 8.88. The largest absolute Gasteiger partial charge is 0.491 e. The second-order valence-corrected chi connectivity index (χ2v) is 7.41. The average Bonchev–Trinajstić information content (AvgIpc) is 2.76. The van der Waals surface area contributed by atoms with Crippen molar-refractivity contribution in [3.63, 3.8) is 0 Å². The zero-order valence-corrected chi connectivity index (χ0v) is 16.2. The molecule has 1 amide bonds. The summed E-state index contributed by atoms with van der Waals surface area (Å²) in [5.74, 6) is -0.284. The van der Waals surface area contributed by atoms with E-state index in [1.165, 1.54) is 0 Å². The van der Waals surface area contributed by atoms with Gasteiger partial charge in [-0.05, 0) is 57.9 Å². The summed E-state index contributed by atoms with van der Waals surface area (Å²) in [6.45, 7) is 8.81. The number of carbonyl (C=O) groups is 1. The molecule has 2 N–H and O–H groups in total. The molecule has 0 saturated carbocycles. The lowest BCUT2D eigenvalue weighted by Crippen LogP contribution is -2.41. The van der Waals surface area contributed by atoms with Gasteiger partial charge in [0.05, 0.1) is 11.2 Å². The van der Waals surface area contributed by atoms with E-state index in [1.54, 1.807) is 0 Å². The van der Waals surface area contributed by atoms with E-state index < -0.39 is 7.12 Å². The summed E-state index contributed by atoms with van der Waals surface area (Å²) in [5.41, 5.74) is 1.98. The van der Waals surface area contributed by atoms with Crippen LogP contribution in [0.15, 0.2) is 29.7 Å². The lowest BCUT2D eigenvalue weighted by atomic mass is 9.77. The predicted octanol–water partition coefficient (Wildman–Crippen LogP) is 3.10. The van der Waals surface area contributed by atoms with Crippen LogP contribution in [-0.2, 0) is 14.1 Å². The lowest BCUT2D eigenvalue weighted by molar-refractivity contribution is -0.113. The maximum atomic E-state index is 11.3. The molecule has 5 nitrogen and oxygen atoms in total. The van der Waals surface area contributed by atoms with Crippen LogP contribution in [0.25, 0.3) is 6.08 Å². The van der Waals surface area contributed by atoms with Crippen molar-refractivity contribution in [2.24, 2.45) is 0 Å². The summed E-state index contributed by atoms with van der Waals surface area (Å²) in [6, 6.07) is 7.56. The van der Waals surface area contributed by atoms with Crippen molar-refractivity contribution in [1.29, 1.82) is 0 Å². The standard InChI is InChI=1S/C18H26BClN2O3/c1-17(2)18(3,4)25-19(24-17)14(12-21-5)10-13-6-8-15(9-7-13)22-16(23)11-20/h6-10,21H,11-12H2,1-5H3,(H,22,23). The van der Waals surface area contributed by atoms with E-state index in [1.807, 2.05) is 65.1 Å². The molecule has 2 rings (SSSR count). The molecule has 0 aromatic heterocycles. The van der Waals surface area contributed by atoms with Crippen LogP contribution in [0, 0.1) is 0 Å². The monoisotopic (exact) mass is 364 g/mol. The maximum Gasteiger partial charge on any atom is 0.491 e. The number of carbonyl (C=O) groups excluding carboxylic acids is 1. The van der Waals surface area contributed by atoms with Crippen molar-refractivity contribution in [3.05, 3.63) is 35.3 Å². The molecule has 1 aromatic rings. The van der Waals surface area contributed by atoms with Crippen LogP contribution < -0.4 is 10.6 Å². The fourth-order valence-electron chi connectivity index (χ4n) is 2.47. The molecule has 0 atom stereocenters. The molecule has 0 unspecified atom stereocenters. The molecule has 0 spiro atoms. The summed E-state index contributed by atoms with van der Waals surface area (Å²) < 4.78 is 12.3. The van der Waals surface area contributed by atoms with E-state index in [0.717, 1.165) is 11.0 Å². The minimum atomic E-state index is -0.395. The maximum absolute atomic E-state index is 11.3. The molecule has 0 aliphatic carbocycles. The zero-order valence-electron chi connectivity index (χ0n) is 15.5. The summed E-state index contributed by atoms with van der Waals surface area (Å²) in [4.78, 5) is 11.3. The summed E-state index contributed by atoms with van der Waals surface area (Å²) >= 11 is 5.50. The molecule has 1 aliphatic heterocycles. The van der Waals surface area contributed by atoms with E-state index in [4.69, 9.17) is 20.9 Å². The van der Waals surface area contributed by atoms with Crippen molar-refractivity contribution in [2.45, 2.75) is 38.9 Å². The Morgan fingerprint density at radius 1 is 1.16 bits per heavy atom. The van der Waals surface area contributed by atoms with Crippen LogP contribution in [0.1, 0.15) is 33.3 Å². The molecular formula is C18H26BClN2O3. The van der Waals surface area contributed by atoms with Gasteiger partial charge in [0.25, 0.3) is 0 Å². The molecule has 1 saturated heterocycles. The first-order chi connectivity index (χ1) is 11.7. The van der Waals surface area contributed by atoms with E-state index in [2.05, 4.69) is 10.6 Å². The number of amides is 1. The molecule has 25 heavy (non-hydrogen) atoms. The molecule has 0 bridgehead atoms. The van der Waals surface area contributed by atoms with Gasteiger partial charge in [-0.1, -0.05) is 18.2 Å². The van der Waals surface area contributed by atoms with Crippen LogP contribution in [0.5, 0.6) is 0 Å². The number of hydrogen-bond acceptors (Lipinski definition) is 4. The van der Waals surface area contributed by atoms with Crippen LogP contribution in [0.4, 0.5) is 5.69 Å². The van der Waals surface area contributed by atoms with Crippen molar-refractivity contribution in [2.75, 3.05) is 24.8 Å². The van der Waals surface area contributed by atoms with Gasteiger partial charge in [-0.15, -0.1) is 11.6 Å². The van der Waals surface area contributed by atoms with Gasteiger partial charge in [0.15, 0.2) is 0 Å². The zero-order chi connectivity index (χ0) is 18.7. The van der Waals surface area contributed by atoms with Gasteiger partial charge in [0.2, 0.25) is 5.91 Å². The third-order valence-corrected chi connectivity index (χ3v) is 4.85. The summed E-state index contributed by atoms with van der Waals surface area (Å²) in [5, 5.41) is 5.89. The van der Waals surface area contributed by atoms with Gasteiger partial charge in [0.1, 0.15) is 5.88 Å². The van der Waals surface area contributed by atoms with Crippen LogP contribution in [0.2, 0.25) is 0 Å². The Balaban J connectivity index is 2.18. The first-order valence-electron chi connectivity index (χ1n) is 8.35. The predicted molar refractivity (Wildman–Crippen MR) is 104 cm³/mol. The van der Waals surface area contributed by atoms with Gasteiger partial charge < -0.3 is 19.9 Å². The van der Waals surface area contributed by atoms with Gasteiger partial charge in [-0.25, -0.2) is 0 Å². The van der Waals surface area contributed by atoms with Crippen LogP contribution in [-0.4, -0.2) is 43.7 Å². The number of alkyl halides is 1. The second kappa shape index (κ2) is 7.91. The number of likely N-dealkylation sites (N-methyl/N-ethyl adjacent to an activating group) is 1. The third-order valence-electron chi connectivity index (χ3n) is 4.60. The average molecular weight is 365 g/mol. The van der Waals surface area contributed by atoms with Gasteiger partial charge in [0, 0.05) is 12.2 Å². The quantitative estimate of drug-likeness (QED) is 0.601. The Labute approximate surface area is 155 Å². The SMILES string of the molecule is CNCC(=Cc1ccc(NC(=O)CCl)cc1)B1OC(C)(C)C(C)(C)O1. The molecule has 0 radical (unpaired) electrons. The Bertz CT molecular complexity index is 628. The van der Waals surface area contributed by atoms with Crippen LogP contribution in [0.3, 0.4) is 0 Å². The van der Waals surface area contributed by atoms with E-state index >= 15 is 0 Å². The number of benzene rings is 1. The number of halogens is 1. The lowest BCUT2D eigenvalue weighted by Gasteiger charge is -2.32. The van der Waals surface area contributed by atoms with Crippen molar-refractivity contribution < 1.29 is 14.1 Å². The highest BCUT2D eigenvalue weighted by molar-refractivity contribution is 6.55. The highest BCUT2D eigenvalue weighted by Gasteiger charge is 2.52. The molecule has 1 heterocycles. The Hall–Kier alpha value is -1.34. The number of anilines is 1. The smallest absolute Gasteiger partial charge is 0.400 e. The van der Waals surface area contributed by atoms with Crippen LogP contribution >= 0.6 is 11.6 Å². The first kappa shape index (κ1) is 20.0. The van der Waals surface area contributed by atoms with E-state index in [0.29, 0.717) is 12.2 Å². The summed E-state index contributed by atoms with van der Waals surface area (Å²) in [7, 11) is 1.50. The Kier molecular flexibility index (Phi) is 6.33.